The summed E-state index contributed by atoms with van der Waals surface area (Å²) < 4.78 is 39.6. The Morgan fingerprint density at radius 1 is 1.07 bits per heavy atom. The first-order valence-corrected chi connectivity index (χ1v) is 8.46. The van der Waals surface area contributed by atoms with Crippen LogP contribution in [0.2, 0.25) is 0 Å². The molecule has 2 aromatic carbocycles. The van der Waals surface area contributed by atoms with Crippen molar-refractivity contribution in [3.8, 4) is 0 Å². The van der Waals surface area contributed by atoms with Crippen LogP contribution in [0, 0.1) is 5.92 Å². The zero-order valence-corrected chi connectivity index (χ0v) is 14.8. The topological polar surface area (TPSA) is 53.2 Å². The van der Waals surface area contributed by atoms with E-state index in [4.69, 9.17) is 12.2 Å². The van der Waals surface area contributed by atoms with Crippen LogP contribution in [-0.2, 0) is 11.0 Å². The standard InChI is InChI=1S/C19H16F3N3OS/c1-11-15(16(25-18(27)23-11)12-7-3-2-4-8-12)17(26)24-14-10-6-5-9-13(14)19(20,21)22/h2-10,15-16H,1H2,(H,24,26)(H2,23,25,27)/t15-,16-/m1/s1. The molecule has 8 heteroatoms. The van der Waals surface area contributed by atoms with Gasteiger partial charge in [-0.2, -0.15) is 13.2 Å². The maximum atomic E-state index is 13.2. The molecule has 0 spiro atoms. The van der Waals surface area contributed by atoms with E-state index in [1.165, 1.54) is 18.2 Å². The Morgan fingerprint density at radius 3 is 2.37 bits per heavy atom. The van der Waals surface area contributed by atoms with Crippen molar-refractivity contribution >= 4 is 28.9 Å². The van der Waals surface area contributed by atoms with Crippen LogP contribution in [0.3, 0.4) is 0 Å². The third-order valence-electron chi connectivity index (χ3n) is 4.20. The number of alkyl halides is 3. The van der Waals surface area contributed by atoms with Crippen molar-refractivity contribution in [2.75, 3.05) is 5.32 Å². The molecule has 27 heavy (non-hydrogen) atoms. The number of nitrogens with one attached hydrogen (secondary N) is 3. The maximum Gasteiger partial charge on any atom is 0.418 e. The lowest BCUT2D eigenvalue weighted by Crippen LogP contribution is -2.51. The lowest BCUT2D eigenvalue weighted by molar-refractivity contribution is -0.137. The van der Waals surface area contributed by atoms with Crippen molar-refractivity contribution in [2.45, 2.75) is 12.2 Å². The Labute approximate surface area is 159 Å². The molecular weight excluding hydrogens is 375 g/mol. The molecule has 1 aliphatic heterocycles. The fraction of sp³-hybridized carbons (Fsp3) is 0.158. The Balaban J connectivity index is 1.92. The van der Waals surface area contributed by atoms with Crippen molar-refractivity contribution in [3.05, 3.63) is 78.0 Å². The third kappa shape index (κ3) is 4.11. The predicted molar refractivity (Wildman–Crippen MR) is 101 cm³/mol. The van der Waals surface area contributed by atoms with E-state index >= 15 is 0 Å². The zero-order valence-electron chi connectivity index (χ0n) is 14.0. The van der Waals surface area contributed by atoms with E-state index in [0.29, 0.717) is 10.8 Å². The Bertz CT molecular complexity index is 883. The summed E-state index contributed by atoms with van der Waals surface area (Å²) in [6.07, 6.45) is -4.58. The Morgan fingerprint density at radius 2 is 1.70 bits per heavy atom. The molecule has 0 aromatic heterocycles. The lowest BCUT2D eigenvalue weighted by Gasteiger charge is -2.35. The molecule has 0 aliphatic carbocycles. The summed E-state index contributed by atoms with van der Waals surface area (Å²) in [7, 11) is 0. The largest absolute Gasteiger partial charge is 0.418 e. The second-order valence-electron chi connectivity index (χ2n) is 6.02. The summed E-state index contributed by atoms with van der Waals surface area (Å²) in [5.41, 5.74) is -0.128. The van der Waals surface area contributed by atoms with Crippen LogP contribution in [0.15, 0.2) is 66.9 Å². The number of hydrogen-bond donors (Lipinski definition) is 3. The highest BCUT2D eigenvalue weighted by atomic mass is 32.1. The van der Waals surface area contributed by atoms with Gasteiger partial charge in [-0.15, -0.1) is 0 Å². The van der Waals surface area contributed by atoms with Gasteiger partial charge in [-0.1, -0.05) is 49.0 Å². The first kappa shape index (κ1) is 18.9. The van der Waals surface area contributed by atoms with Crippen molar-refractivity contribution < 1.29 is 18.0 Å². The number of para-hydroxylation sites is 1. The molecule has 1 fully saturated rings. The number of anilines is 1. The number of hydrogen-bond acceptors (Lipinski definition) is 2. The van der Waals surface area contributed by atoms with Gasteiger partial charge >= 0.3 is 6.18 Å². The highest BCUT2D eigenvalue weighted by Gasteiger charge is 2.38. The molecule has 0 saturated carbocycles. The summed E-state index contributed by atoms with van der Waals surface area (Å²) in [6.45, 7) is 3.83. The van der Waals surface area contributed by atoms with Crippen LogP contribution in [0.25, 0.3) is 0 Å². The van der Waals surface area contributed by atoms with Crippen LogP contribution in [0.4, 0.5) is 18.9 Å². The van der Waals surface area contributed by atoms with Crippen LogP contribution in [-0.4, -0.2) is 11.0 Å². The SMILES string of the molecule is C=C1NC(=S)N[C@H](c2ccccc2)[C@@H]1C(=O)Nc1ccccc1C(F)(F)F. The van der Waals surface area contributed by atoms with E-state index < -0.39 is 29.6 Å². The van der Waals surface area contributed by atoms with Gasteiger partial charge in [0.15, 0.2) is 5.11 Å². The summed E-state index contributed by atoms with van der Waals surface area (Å²) in [5.74, 6) is -1.48. The van der Waals surface area contributed by atoms with Gasteiger partial charge in [-0.05, 0) is 29.9 Å². The summed E-state index contributed by atoms with van der Waals surface area (Å²) >= 11 is 5.14. The fourth-order valence-corrected chi connectivity index (χ4v) is 3.24. The van der Waals surface area contributed by atoms with Gasteiger partial charge in [0.2, 0.25) is 5.91 Å². The second kappa shape index (κ2) is 7.40. The van der Waals surface area contributed by atoms with Gasteiger partial charge in [-0.25, -0.2) is 0 Å². The molecule has 0 radical (unpaired) electrons. The molecular formula is C19H16F3N3OS. The average Bonchev–Trinajstić information content (AvgIpc) is 2.61. The van der Waals surface area contributed by atoms with Crippen LogP contribution in [0.1, 0.15) is 17.2 Å². The lowest BCUT2D eigenvalue weighted by atomic mass is 9.88. The molecule has 1 saturated heterocycles. The van der Waals surface area contributed by atoms with E-state index in [1.54, 1.807) is 12.1 Å². The van der Waals surface area contributed by atoms with Gasteiger partial charge in [0.05, 0.1) is 17.3 Å². The summed E-state index contributed by atoms with van der Waals surface area (Å²) in [6, 6.07) is 13.3. The number of thiocarbonyl (C=S) groups is 1. The highest BCUT2D eigenvalue weighted by Crippen LogP contribution is 2.36. The summed E-state index contributed by atoms with van der Waals surface area (Å²) in [4.78, 5) is 12.9. The maximum absolute atomic E-state index is 13.2. The number of rotatable bonds is 3. The first-order valence-electron chi connectivity index (χ1n) is 8.05. The van der Waals surface area contributed by atoms with E-state index in [-0.39, 0.29) is 5.69 Å². The van der Waals surface area contributed by atoms with Crippen LogP contribution in [0.5, 0.6) is 0 Å². The molecule has 1 aliphatic rings. The monoisotopic (exact) mass is 391 g/mol. The van der Waals surface area contributed by atoms with Gasteiger partial charge in [0.25, 0.3) is 0 Å². The van der Waals surface area contributed by atoms with Crippen molar-refractivity contribution in [3.63, 3.8) is 0 Å². The second-order valence-corrected chi connectivity index (χ2v) is 6.43. The van der Waals surface area contributed by atoms with E-state index in [0.717, 1.165) is 11.6 Å². The molecule has 0 bridgehead atoms. The molecule has 3 rings (SSSR count). The average molecular weight is 391 g/mol. The van der Waals surface area contributed by atoms with E-state index in [2.05, 4.69) is 22.5 Å². The quantitative estimate of drug-likeness (QED) is 0.693. The third-order valence-corrected chi connectivity index (χ3v) is 4.42. The minimum Gasteiger partial charge on any atom is -0.354 e. The highest BCUT2D eigenvalue weighted by molar-refractivity contribution is 7.80. The minimum atomic E-state index is -4.58. The number of amides is 1. The molecule has 2 atom stereocenters. The Kier molecular flexibility index (Phi) is 5.18. The van der Waals surface area contributed by atoms with Gasteiger partial charge in [0.1, 0.15) is 5.92 Å². The van der Waals surface area contributed by atoms with E-state index in [1.807, 2.05) is 18.2 Å². The smallest absolute Gasteiger partial charge is 0.354 e. The van der Waals surface area contributed by atoms with E-state index in [9.17, 15) is 18.0 Å². The minimum absolute atomic E-state index is 0.300. The molecule has 4 nitrogen and oxygen atoms in total. The molecule has 140 valence electrons. The molecule has 1 amide bonds. The molecule has 3 N–H and O–H groups in total. The Hall–Kier alpha value is -2.87. The number of carbonyl (C=O) groups excluding carboxylic acids is 1. The molecule has 0 unspecified atom stereocenters. The van der Waals surface area contributed by atoms with Crippen molar-refractivity contribution in [2.24, 2.45) is 5.92 Å². The number of benzene rings is 2. The van der Waals surface area contributed by atoms with Crippen LogP contribution < -0.4 is 16.0 Å². The number of carbonyl (C=O) groups is 1. The van der Waals surface area contributed by atoms with Gasteiger partial charge < -0.3 is 16.0 Å². The zero-order chi connectivity index (χ0) is 19.6. The molecule has 2 aromatic rings. The first-order chi connectivity index (χ1) is 12.8. The molecule has 1 heterocycles. The van der Waals surface area contributed by atoms with Crippen molar-refractivity contribution in [1.82, 2.24) is 10.6 Å². The fourth-order valence-electron chi connectivity index (χ4n) is 2.98. The van der Waals surface area contributed by atoms with Gasteiger partial charge in [-0.3, -0.25) is 4.79 Å². The van der Waals surface area contributed by atoms with Crippen molar-refractivity contribution in [1.29, 1.82) is 0 Å². The predicted octanol–water partition coefficient (Wildman–Crippen LogP) is 3.99. The normalized spacial score (nSPS) is 19.8. The van der Waals surface area contributed by atoms with Gasteiger partial charge in [0, 0.05) is 5.70 Å². The summed E-state index contributed by atoms with van der Waals surface area (Å²) in [5, 5.41) is 8.47. The van der Waals surface area contributed by atoms with Crippen LogP contribution >= 0.6 is 12.2 Å². The number of halogens is 3.